The maximum atomic E-state index is 6.01. The second-order valence-electron chi connectivity index (χ2n) is 7.46. The van der Waals surface area contributed by atoms with Crippen molar-refractivity contribution in [1.82, 2.24) is 9.88 Å². The molecule has 0 radical (unpaired) electrons. The van der Waals surface area contributed by atoms with Gasteiger partial charge in [-0.1, -0.05) is 60.2 Å². The molecule has 0 saturated carbocycles. The van der Waals surface area contributed by atoms with Gasteiger partial charge in [0.1, 0.15) is 6.04 Å². The van der Waals surface area contributed by atoms with Crippen LogP contribution in [0.25, 0.3) is 0 Å². The van der Waals surface area contributed by atoms with Crippen LogP contribution in [0.3, 0.4) is 0 Å². The van der Waals surface area contributed by atoms with E-state index in [0.29, 0.717) is 6.04 Å². The molecule has 5 rings (SSSR count). The summed E-state index contributed by atoms with van der Waals surface area (Å²) in [6.45, 7) is 2.27. The molecule has 3 aromatic rings. The van der Waals surface area contributed by atoms with Crippen LogP contribution in [0.2, 0.25) is 5.02 Å². The first-order chi connectivity index (χ1) is 14.7. The molecule has 30 heavy (non-hydrogen) atoms. The highest BCUT2D eigenvalue weighted by Gasteiger charge is 2.45. The number of hydrogen-bond donors (Lipinski definition) is 0. The molecule has 0 N–H and O–H groups in total. The Balaban J connectivity index is 1.44. The minimum absolute atomic E-state index is 0.0396. The zero-order valence-corrected chi connectivity index (χ0v) is 19.0. The lowest BCUT2D eigenvalue weighted by atomic mass is 9.95. The van der Waals surface area contributed by atoms with Crippen molar-refractivity contribution >= 4 is 40.3 Å². The molecular formula is C24H22ClN3S2. The Hall–Kier alpha value is -1.95. The van der Waals surface area contributed by atoms with Gasteiger partial charge >= 0.3 is 0 Å². The van der Waals surface area contributed by atoms with Crippen LogP contribution in [-0.2, 0) is 0 Å². The van der Waals surface area contributed by atoms with E-state index >= 15 is 0 Å². The zero-order valence-electron chi connectivity index (χ0n) is 16.6. The van der Waals surface area contributed by atoms with Crippen LogP contribution in [0.4, 0.5) is 0 Å². The van der Waals surface area contributed by atoms with Gasteiger partial charge in [-0.2, -0.15) is 0 Å². The van der Waals surface area contributed by atoms with Crippen LogP contribution < -0.4 is 0 Å². The van der Waals surface area contributed by atoms with Crippen molar-refractivity contribution in [2.75, 3.05) is 5.75 Å². The molecule has 3 heterocycles. The lowest BCUT2D eigenvalue weighted by Crippen LogP contribution is -2.35. The number of amidine groups is 1. The van der Waals surface area contributed by atoms with Crippen LogP contribution in [0.5, 0.6) is 0 Å². The Kier molecular flexibility index (Phi) is 5.77. The van der Waals surface area contributed by atoms with Crippen molar-refractivity contribution in [2.45, 2.75) is 41.3 Å². The number of nitrogens with zero attached hydrogens (tertiary/aromatic N) is 3. The van der Waals surface area contributed by atoms with E-state index in [1.54, 1.807) is 11.8 Å². The van der Waals surface area contributed by atoms with Crippen LogP contribution >= 0.6 is 35.1 Å². The molecule has 1 fully saturated rings. The molecule has 6 heteroatoms. The Bertz CT molecular complexity index is 1040. The highest BCUT2D eigenvalue weighted by molar-refractivity contribution is 8.14. The third-order valence-corrected chi connectivity index (χ3v) is 7.99. The van der Waals surface area contributed by atoms with Crippen molar-refractivity contribution in [3.8, 4) is 0 Å². The summed E-state index contributed by atoms with van der Waals surface area (Å²) in [7, 11) is 0. The molecule has 1 aromatic heterocycles. The number of thioether (sulfide) groups is 1. The normalized spacial score (nSPS) is 22.8. The van der Waals surface area contributed by atoms with Gasteiger partial charge < -0.3 is 4.90 Å². The zero-order chi connectivity index (χ0) is 20.5. The number of aromatic nitrogens is 1. The SMILES string of the molecule is CC[C@@H]1CSC2=N[C@H](c3ccccn3)[C@@H](c3ccc(Sc4ccc(Cl)cc4)cc3)N21. The van der Waals surface area contributed by atoms with Gasteiger partial charge in [-0.25, -0.2) is 0 Å². The first kappa shape index (κ1) is 20.0. The third kappa shape index (κ3) is 3.86. The Labute approximate surface area is 191 Å². The summed E-state index contributed by atoms with van der Waals surface area (Å²) >= 11 is 9.64. The molecule has 0 aliphatic carbocycles. The van der Waals surface area contributed by atoms with E-state index < -0.39 is 0 Å². The topological polar surface area (TPSA) is 28.5 Å². The fourth-order valence-electron chi connectivity index (χ4n) is 4.08. The number of aliphatic imine (C=N–C) groups is 1. The molecule has 3 atom stereocenters. The summed E-state index contributed by atoms with van der Waals surface area (Å²) in [6.07, 6.45) is 2.99. The molecule has 2 aromatic carbocycles. The summed E-state index contributed by atoms with van der Waals surface area (Å²) in [4.78, 5) is 14.7. The highest BCUT2D eigenvalue weighted by Crippen LogP contribution is 2.48. The molecule has 0 unspecified atom stereocenters. The number of halogens is 1. The predicted molar refractivity (Wildman–Crippen MR) is 128 cm³/mol. The van der Waals surface area contributed by atoms with E-state index in [0.717, 1.165) is 22.9 Å². The molecule has 0 amide bonds. The molecule has 2 aliphatic rings. The second-order valence-corrected chi connectivity index (χ2v) is 10.0. The van der Waals surface area contributed by atoms with Crippen LogP contribution in [0, 0.1) is 0 Å². The van der Waals surface area contributed by atoms with Gasteiger partial charge in [0.15, 0.2) is 5.17 Å². The maximum Gasteiger partial charge on any atom is 0.160 e. The van der Waals surface area contributed by atoms with Gasteiger partial charge in [-0.15, -0.1) is 0 Å². The van der Waals surface area contributed by atoms with E-state index in [1.807, 2.05) is 36.2 Å². The van der Waals surface area contributed by atoms with Gasteiger partial charge in [0, 0.05) is 32.8 Å². The van der Waals surface area contributed by atoms with Crippen molar-refractivity contribution in [1.29, 1.82) is 0 Å². The van der Waals surface area contributed by atoms with Crippen LogP contribution in [-0.4, -0.2) is 26.8 Å². The first-order valence-electron chi connectivity index (χ1n) is 10.2. The third-order valence-electron chi connectivity index (χ3n) is 5.60. The molecule has 0 spiro atoms. The average Bonchev–Trinajstić information content (AvgIpc) is 3.36. The van der Waals surface area contributed by atoms with Crippen molar-refractivity contribution in [3.63, 3.8) is 0 Å². The summed E-state index contributed by atoms with van der Waals surface area (Å²) in [5, 5.41) is 1.93. The van der Waals surface area contributed by atoms with E-state index in [9.17, 15) is 0 Å². The molecule has 3 nitrogen and oxygen atoms in total. The smallest absolute Gasteiger partial charge is 0.160 e. The number of pyridine rings is 1. The van der Waals surface area contributed by atoms with E-state index in [4.69, 9.17) is 16.6 Å². The number of rotatable bonds is 5. The fraction of sp³-hybridized carbons (Fsp3) is 0.250. The Morgan fingerprint density at radius 1 is 1.03 bits per heavy atom. The highest BCUT2D eigenvalue weighted by atomic mass is 35.5. The van der Waals surface area contributed by atoms with Crippen LogP contribution in [0.15, 0.2) is 87.7 Å². The number of hydrogen-bond acceptors (Lipinski definition) is 5. The fourth-order valence-corrected chi connectivity index (χ4v) is 6.36. The van der Waals surface area contributed by atoms with Gasteiger partial charge in [0.25, 0.3) is 0 Å². The molecule has 152 valence electrons. The van der Waals surface area contributed by atoms with Gasteiger partial charge in [0.05, 0.1) is 11.7 Å². The molecule has 0 bridgehead atoms. The quantitative estimate of drug-likeness (QED) is 0.423. The molecule has 1 saturated heterocycles. The maximum absolute atomic E-state index is 6.01. The van der Waals surface area contributed by atoms with Gasteiger partial charge in [0.2, 0.25) is 0 Å². The van der Waals surface area contributed by atoms with Crippen molar-refractivity contribution in [2.24, 2.45) is 4.99 Å². The minimum atomic E-state index is 0.0396. The van der Waals surface area contributed by atoms with Gasteiger partial charge in [-0.05, 0) is 60.5 Å². The Morgan fingerprint density at radius 2 is 1.77 bits per heavy atom. The lowest BCUT2D eigenvalue weighted by Gasteiger charge is -2.32. The van der Waals surface area contributed by atoms with Crippen molar-refractivity contribution < 1.29 is 0 Å². The second kappa shape index (κ2) is 8.66. The molecular weight excluding hydrogens is 430 g/mol. The van der Waals surface area contributed by atoms with Crippen LogP contribution in [0.1, 0.15) is 36.7 Å². The van der Waals surface area contributed by atoms with E-state index in [1.165, 1.54) is 20.5 Å². The Morgan fingerprint density at radius 3 is 2.43 bits per heavy atom. The predicted octanol–water partition coefficient (Wildman–Crippen LogP) is 6.87. The van der Waals surface area contributed by atoms with E-state index in [2.05, 4.69) is 65.3 Å². The summed E-state index contributed by atoms with van der Waals surface area (Å²) in [5.41, 5.74) is 2.34. The largest absolute Gasteiger partial charge is 0.338 e. The van der Waals surface area contributed by atoms with E-state index in [-0.39, 0.29) is 12.1 Å². The lowest BCUT2D eigenvalue weighted by molar-refractivity contribution is 0.255. The molecule has 2 aliphatic heterocycles. The van der Waals surface area contributed by atoms with Gasteiger partial charge in [-0.3, -0.25) is 9.98 Å². The average molecular weight is 452 g/mol. The first-order valence-corrected chi connectivity index (χ1v) is 12.3. The summed E-state index contributed by atoms with van der Waals surface area (Å²) in [6, 6.07) is 23.8. The standard InChI is InChI=1S/C24H22ClN3S2/c1-2-18-15-29-24-27-22(21-5-3-4-14-26-21)23(28(18)24)16-6-10-19(11-7-16)30-20-12-8-17(25)9-13-20/h3-14,18,22-23H,2,15H2,1H3/t18-,22-,23-/m1/s1. The van der Waals surface area contributed by atoms with Crippen molar-refractivity contribution in [3.05, 3.63) is 89.2 Å². The monoisotopic (exact) mass is 451 g/mol. The minimum Gasteiger partial charge on any atom is -0.338 e. The summed E-state index contributed by atoms with van der Waals surface area (Å²) in [5.74, 6) is 1.12. The number of benzene rings is 2. The number of fused-ring (bicyclic) bond motifs is 1. The summed E-state index contributed by atoms with van der Waals surface area (Å²) < 4.78 is 0.